The number of pyridine rings is 1. The van der Waals surface area contributed by atoms with E-state index in [-0.39, 0.29) is 29.2 Å². The zero-order valence-electron chi connectivity index (χ0n) is 18.4. The molecule has 0 aromatic carbocycles. The lowest BCUT2D eigenvalue weighted by Crippen LogP contribution is -2.53. The molecule has 2 aromatic rings. The minimum absolute atomic E-state index is 0.0332. The highest BCUT2D eigenvalue weighted by Crippen LogP contribution is 2.21. The van der Waals surface area contributed by atoms with E-state index < -0.39 is 0 Å². The average molecular weight is 426 g/mol. The van der Waals surface area contributed by atoms with Crippen molar-refractivity contribution in [2.24, 2.45) is 11.8 Å². The van der Waals surface area contributed by atoms with Crippen LogP contribution in [0.1, 0.15) is 32.4 Å². The number of piperazine rings is 1. The molecule has 0 bridgehead atoms. The van der Waals surface area contributed by atoms with Crippen LogP contribution in [0.3, 0.4) is 0 Å². The summed E-state index contributed by atoms with van der Waals surface area (Å²) < 4.78 is 1.54. The number of amides is 2. The van der Waals surface area contributed by atoms with E-state index in [4.69, 9.17) is 0 Å². The van der Waals surface area contributed by atoms with Crippen molar-refractivity contribution in [2.75, 3.05) is 39.3 Å². The molecule has 1 unspecified atom stereocenters. The van der Waals surface area contributed by atoms with Gasteiger partial charge in [0.25, 0.3) is 5.56 Å². The minimum Gasteiger partial charge on any atom is -0.342 e. The van der Waals surface area contributed by atoms with Gasteiger partial charge in [0.05, 0.1) is 11.6 Å². The number of carbonyl (C=O) groups is 2. The Morgan fingerprint density at radius 3 is 2.61 bits per heavy atom. The van der Waals surface area contributed by atoms with Gasteiger partial charge in [0.15, 0.2) is 0 Å². The molecule has 2 aromatic heterocycles. The molecule has 4 heterocycles. The van der Waals surface area contributed by atoms with Crippen LogP contribution in [0.2, 0.25) is 0 Å². The fourth-order valence-electron chi connectivity index (χ4n) is 4.54. The Balaban J connectivity index is 1.33. The fraction of sp³-hybridized carbons (Fsp3) is 0.565. The number of aromatic nitrogens is 2. The lowest BCUT2D eigenvalue weighted by atomic mass is 9.95. The van der Waals surface area contributed by atoms with E-state index in [2.05, 4.69) is 9.88 Å². The smallest absolute Gasteiger partial charge is 0.258 e. The Morgan fingerprint density at radius 1 is 1.10 bits per heavy atom. The largest absolute Gasteiger partial charge is 0.342 e. The maximum Gasteiger partial charge on any atom is 0.258 e. The van der Waals surface area contributed by atoms with Gasteiger partial charge in [-0.05, 0) is 25.0 Å². The molecule has 2 aliphatic rings. The highest BCUT2D eigenvalue weighted by Gasteiger charge is 2.33. The van der Waals surface area contributed by atoms with E-state index in [1.807, 2.05) is 41.8 Å². The molecule has 0 radical (unpaired) electrons. The summed E-state index contributed by atoms with van der Waals surface area (Å²) in [5, 5.41) is 0. The quantitative estimate of drug-likeness (QED) is 0.736. The molecule has 166 valence electrons. The molecule has 4 rings (SSSR count). The van der Waals surface area contributed by atoms with Crippen LogP contribution in [0.15, 0.2) is 35.3 Å². The third-order valence-corrected chi connectivity index (χ3v) is 6.27. The zero-order valence-corrected chi connectivity index (χ0v) is 18.4. The van der Waals surface area contributed by atoms with Gasteiger partial charge in [-0.15, -0.1) is 0 Å². The van der Waals surface area contributed by atoms with Crippen LogP contribution >= 0.6 is 0 Å². The van der Waals surface area contributed by atoms with Crippen LogP contribution in [0.25, 0.3) is 5.65 Å². The average Bonchev–Trinajstić information content (AvgIpc) is 2.78. The lowest BCUT2D eigenvalue weighted by Gasteiger charge is -2.39. The molecule has 8 nitrogen and oxygen atoms in total. The van der Waals surface area contributed by atoms with Crippen molar-refractivity contribution in [2.45, 2.75) is 33.2 Å². The molecular weight excluding hydrogens is 394 g/mol. The van der Waals surface area contributed by atoms with Crippen LogP contribution in [0, 0.1) is 11.8 Å². The van der Waals surface area contributed by atoms with Gasteiger partial charge in [-0.25, -0.2) is 4.98 Å². The van der Waals surface area contributed by atoms with E-state index in [9.17, 15) is 14.4 Å². The lowest BCUT2D eigenvalue weighted by molar-refractivity contribution is -0.143. The minimum atomic E-state index is -0.0924. The molecule has 8 heteroatoms. The van der Waals surface area contributed by atoms with Crippen LogP contribution in [0.4, 0.5) is 0 Å². The molecule has 1 atom stereocenters. The van der Waals surface area contributed by atoms with E-state index in [1.165, 1.54) is 4.40 Å². The Labute approximate surface area is 182 Å². The number of piperidine rings is 1. The Bertz CT molecular complexity index is 1010. The van der Waals surface area contributed by atoms with Crippen molar-refractivity contribution >= 4 is 17.5 Å². The van der Waals surface area contributed by atoms with Gasteiger partial charge in [-0.2, -0.15) is 0 Å². The second-order valence-electron chi connectivity index (χ2n) is 8.89. The second kappa shape index (κ2) is 9.18. The van der Waals surface area contributed by atoms with Gasteiger partial charge in [0.1, 0.15) is 5.65 Å². The predicted octanol–water partition coefficient (Wildman–Crippen LogP) is 1.23. The first kappa shape index (κ1) is 21.5. The number of rotatable bonds is 4. The van der Waals surface area contributed by atoms with Crippen molar-refractivity contribution < 1.29 is 9.59 Å². The van der Waals surface area contributed by atoms with Gasteiger partial charge in [-0.3, -0.25) is 23.7 Å². The first-order chi connectivity index (χ1) is 14.9. The number of fused-ring (bicyclic) bond motifs is 1. The third-order valence-electron chi connectivity index (χ3n) is 6.27. The molecule has 2 fully saturated rings. The van der Waals surface area contributed by atoms with Crippen LogP contribution < -0.4 is 5.56 Å². The van der Waals surface area contributed by atoms with Crippen LogP contribution in [0.5, 0.6) is 0 Å². The summed E-state index contributed by atoms with van der Waals surface area (Å²) in [5.41, 5.74) is 1.33. The summed E-state index contributed by atoms with van der Waals surface area (Å²) in [6.07, 6.45) is 3.46. The zero-order chi connectivity index (χ0) is 22.0. The summed E-state index contributed by atoms with van der Waals surface area (Å²) in [7, 11) is 0. The summed E-state index contributed by atoms with van der Waals surface area (Å²) in [6.45, 7) is 8.56. The van der Waals surface area contributed by atoms with Gasteiger partial charge in [-0.1, -0.05) is 19.9 Å². The van der Waals surface area contributed by atoms with Gasteiger partial charge in [0, 0.05) is 64.0 Å². The van der Waals surface area contributed by atoms with Crippen molar-refractivity contribution in [3.8, 4) is 0 Å². The maximum absolute atomic E-state index is 13.1. The molecule has 0 saturated carbocycles. The molecule has 2 amide bonds. The number of nitrogens with zero attached hydrogens (tertiary/aromatic N) is 5. The molecule has 0 aliphatic carbocycles. The van der Waals surface area contributed by atoms with E-state index in [0.717, 1.165) is 38.2 Å². The number of hydrogen-bond acceptors (Lipinski definition) is 5. The number of carbonyl (C=O) groups excluding carboxylic acids is 2. The first-order valence-corrected chi connectivity index (χ1v) is 11.2. The van der Waals surface area contributed by atoms with Gasteiger partial charge in [0.2, 0.25) is 11.8 Å². The van der Waals surface area contributed by atoms with Crippen LogP contribution in [-0.2, 0) is 16.1 Å². The normalized spacial score (nSPS) is 20.4. The fourth-order valence-corrected chi connectivity index (χ4v) is 4.54. The van der Waals surface area contributed by atoms with Crippen molar-refractivity contribution in [1.29, 1.82) is 0 Å². The molecule has 0 spiro atoms. The maximum atomic E-state index is 13.1. The number of hydrogen-bond donors (Lipinski definition) is 0. The molecule has 2 aliphatic heterocycles. The third kappa shape index (κ3) is 4.79. The van der Waals surface area contributed by atoms with E-state index in [1.54, 1.807) is 12.3 Å². The molecular formula is C23H31N5O3. The van der Waals surface area contributed by atoms with Gasteiger partial charge < -0.3 is 9.80 Å². The van der Waals surface area contributed by atoms with Crippen molar-refractivity contribution in [3.05, 3.63) is 46.5 Å². The summed E-state index contributed by atoms with van der Waals surface area (Å²) in [6, 6.07) is 7.11. The van der Waals surface area contributed by atoms with Crippen molar-refractivity contribution in [1.82, 2.24) is 24.1 Å². The highest BCUT2D eigenvalue weighted by atomic mass is 16.2. The monoisotopic (exact) mass is 425 g/mol. The topological polar surface area (TPSA) is 78.2 Å². The summed E-state index contributed by atoms with van der Waals surface area (Å²) >= 11 is 0. The predicted molar refractivity (Wildman–Crippen MR) is 117 cm³/mol. The van der Waals surface area contributed by atoms with E-state index in [0.29, 0.717) is 31.8 Å². The first-order valence-electron chi connectivity index (χ1n) is 11.2. The van der Waals surface area contributed by atoms with Gasteiger partial charge >= 0.3 is 0 Å². The summed E-state index contributed by atoms with van der Waals surface area (Å²) in [4.78, 5) is 48.3. The highest BCUT2D eigenvalue weighted by molar-refractivity contribution is 5.82. The van der Waals surface area contributed by atoms with E-state index >= 15 is 0 Å². The molecule has 0 N–H and O–H groups in total. The summed E-state index contributed by atoms with van der Waals surface area (Å²) in [5.74, 6) is 0.184. The SMILES string of the molecule is CC(C)C(=O)N1CCCC(C(=O)N2CCN(Cc3cc(=O)n4ccccc4n3)CC2)C1. The molecule has 31 heavy (non-hydrogen) atoms. The second-order valence-corrected chi connectivity index (χ2v) is 8.89. The standard InChI is InChI=1S/C23H31N5O3/c1-17(2)22(30)27-8-5-6-18(15-27)23(31)26-12-10-25(11-13-26)16-19-14-21(29)28-9-4-3-7-20(28)24-19/h3-4,7,9,14,17-18H,5-6,8,10-13,15-16H2,1-2H3. The Morgan fingerprint density at radius 2 is 1.87 bits per heavy atom. The molecule has 2 saturated heterocycles. The Kier molecular flexibility index (Phi) is 6.36. The number of likely N-dealkylation sites (tertiary alicyclic amines) is 1. The Hall–Kier alpha value is -2.74. The van der Waals surface area contributed by atoms with Crippen LogP contribution in [-0.4, -0.2) is 75.2 Å². The van der Waals surface area contributed by atoms with Crippen molar-refractivity contribution in [3.63, 3.8) is 0 Å².